The molecule has 6 heteroatoms. The van der Waals surface area contributed by atoms with Gasteiger partial charge in [-0.05, 0) is 49.5 Å². The van der Waals surface area contributed by atoms with Gasteiger partial charge in [0.05, 0.1) is 6.61 Å². The van der Waals surface area contributed by atoms with E-state index in [4.69, 9.17) is 4.84 Å². The summed E-state index contributed by atoms with van der Waals surface area (Å²) < 4.78 is 0. The number of benzene rings is 2. The molecule has 2 aromatic rings. The summed E-state index contributed by atoms with van der Waals surface area (Å²) >= 11 is 0. The number of phenolic OH excluding ortho intramolecular Hbond substituents is 1. The number of phenols is 1. The van der Waals surface area contributed by atoms with Crippen molar-refractivity contribution in [2.24, 2.45) is 17.8 Å². The van der Waals surface area contributed by atoms with Gasteiger partial charge < -0.3 is 15.1 Å². The highest BCUT2D eigenvalue weighted by Crippen LogP contribution is 2.29. The van der Waals surface area contributed by atoms with Gasteiger partial charge in [0.15, 0.2) is 0 Å². The van der Waals surface area contributed by atoms with Gasteiger partial charge in [-0.25, -0.2) is 0 Å². The van der Waals surface area contributed by atoms with Crippen molar-refractivity contribution >= 4 is 0 Å². The van der Waals surface area contributed by atoms with Crippen LogP contribution in [0.5, 0.6) is 5.75 Å². The van der Waals surface area contributed by atoms with Crippen LogP contribution < -0.4 is 0 Å². The van der Waals surface area contributed by atoms with Gasteiger partial charge in [-0.3, -0.25) is 9.74 Å². The summed E-state index contributed by atoms with van der Waals surface area (Å²) in [5.74, 6) is 1.74. The van der Waals surface area contributed by atoms with Gasteiger partial charge in [-0.1, -0.05) is 70.2 Å². The third kappa shape index (κ3) is 8.29. The van der Waals surface area contributed by atoms with Crippen LogP contribution in [0.4, 0.5) is 0 Å². The number of hydrogen-bond donors (Lipinski definition) is 2. The molecule has 3 atom stereocenters. The zero-order valence-corrected chi connectivity index (χ0v) is 23.1. The molecule has 6 nitrogen and oxygen atoms in total. The van der Waals surface area contributed by atoms with Crippen LogP contribution in [0.1, 0.15) is 50.8 Å². The van der Waals surface area contributed by atoms with E-state index in [1.807, 2.05) is 23.3 Å². The molecule has 0 amide bonds. The summed E-state index contributed by atoms with van der Waals surface area (Å²) in [5, 5.41) is 22.3. The summed E-state index contributed by atoms with van der Waals surface area (Å²) in [4.78, 5) is 10.8. The average Bonchev–Trinajstić information content (AvgIpc) is 3.22. The molecule has 200 valence electrons. The summed E-state index contributed by atoms with van der Waals surface area (Å²) in [6.45, 7) is 13.0. The Kier molecular flexibility index (Phi) is 10.8. The standard InChI is InChI=1S/C30H47N3O3/c1-22(2)14-27(19-31(5)6)32(18-26-12-7-8-13-29(26)35)16-24-10-9-11-25(15-24)17-33-20-28(23(3)4)30(21-34)36-33/h7-13,15,22-23,27-28,30,34-35H,14,16-21H2,1-6H3/t27-,28+,30-/m0/s1. The van der Waals surface area contributed by atoms with Crippen molar-refractivity contribution in [1.82, 2.24) is 14.9 Å². The number of hydroxylamine groups is 2. The normalized spacial score (nSPS) is 19.8. The van der Waals surface area contributed by atoms with Crippen LogP contribution in [0.3, 0.4) is 0 Å². The minimum atomic E-state index is -0.120. The number of rotatable bonds is 13. The Bertz CT molecular complexity index is 923. The van der Waals surface area contributed by atoms with E-state index in [2.05, 4.69) is 75.9 Å². The van der Waals surface area contributed by atoms with Gasteiger partial charge in [0, 0.05) is 50.2 Å². The van der Waals surface area contributed by atoms with Crippen molar-refractivity contribution in [3.63, 3.8) is 0 Å². The second kappa shape index (κ2) is 13.5. The molecule has 0 aromatic heterocycles. The van der Waals surface area contributed by atoms with Crippen LogP contribution in [0.15, 0.2) is 48.5 Å². The summed E-state index contributed by atoms with van der Waals surface area (Å²) in [6, 6.07) is 16.8. The van der Waals surface area contributed by atoms with Crippen molar-refractivity contribution in [2.45, 2.75) is 65.9 Å². The lowest BCUT2D eigenvalue weighted by molar-refractivity contribution is -0.163. The maximum Gasteiger partial charge on any atom is 0.120 e. The number of aromatic hydroxyl groups is 1. The molecular weight excluding hydrogens is 450 g/mol. The average molecular weight is 498 g/mol. The molecule has 0 bridgehead atoms. The van der Waals surface area contributed by atoms with Gasteiger partial charge >= 0.3 is 0 Å². The topological polar surface area (TPSA) is 59.4 Å². The molecule has 1 fully saturated rings. The van der Waals surface area contributed by atoms with Crippen molar-refractivity contribution < 1.29 is 15.1 Å². The Hall–Kier alpha value is -1.96. The van der Waals surface area contributed by atoms with Gasteiger partial charge in [0.25, 0.3) is 0 Å². The maximum atomic E-state index is 10.5. The molecule has 1 saturated heterocycles. The molecule has 0 spiro atoms. The van der Waals surface area contributed by atoms with E-state index < -0.39 is 0 Å². The first-order valence-corrected chi connectivity index (χ1v) is 13.4. The maximum absolute atomic E-state index is 10.5. The Labute approximate surface area is 218 Å². The molecule has 2 aromatic carbocycles. The lowest BCUT2D eigenvalue weighted by atomic mass is 9.91. The summed E-state index contributed by atoms with van der Waals surface area (Å²) in [5.41, 5.74) is 3.43. The van der Waals surface area contributed by atoms with Gasteiger partial charge in [0.2, 0.25) is 0 Å². The molecule has 1 aliphatic rings. The molecule has 1 heterocycles. The zero-order chi connectivity index (χ0) is 26.2. The molecule has 1 aliphatic heterocycles. The Balaban J connectivity index is 1.79. The van der Waals surface area contributed by atoms with E-state index in [0.717, 1.165) is 31.6 Å². The lowest BCUT2D eigenvalue weighted by Crippen LogP contribution is -2.42. The second-order valence-electron chi connectivity index (χ2n) is 11.5. The fraction of sp³-hybridized carbons (Fsp3) is 0.600. The molecular formula is C30H47N3O3. The Morgan fingerprint density at radius 1 is 1.00 bits per heavy atom. The highest BCUT2D eigenvalue weighted by Gasteiger charge is 2.35. The minimum absolute atomic E-state index is 0.0593. The van der Waals surface area contributed by atoms with Crippen LogP contribution in [0.2, 0.25) is 0 Å². The quantitative estimate of drug-likeness (QED) is 0.417. The van der Waals surface area contributed by atoms with Crippen LogP contribution in [-0.2, 0) is 24.5 Å². The SMILES string of the molecule is CC(C)C[C@@H](CN(C)C)N(Cc1cccc(CN2C[C@H](C(C)C)[C@H](CO)O2)c1)Cc1ccccc1O. The molecule has 2 N–H and O–H groups in total. The minimum Gasteiger partial charge on any atom is -0.508 e. The third-order valence-corrected chi connectivity index (χ3v) is 7.15. The van der Waals surface area contributed by atoms with E-state index in [0.29, 0.717) is 42.6 Å². The van der Waals surface area contributed by atoms with E-state index in [-0.39, 0.29) is 12.7 Å². The van der Waals surface area contributed by atoms with Gasteiger partial charge in [0.1, 0.15) is 11.9 Å². The molecule has 0 aliphatic carbocycles. The predicted octanol–water partition coefficient (Wildman–Crippen LogP) is 4.75. The van der Waals surface area contributed by atoms with E-state index in [1.54, 1.807) is 6.07 Å². The smallest absolute Gasteiger partial charge is 0.120 e. The first-order valence-electron chi connectivity index (χ1n) is 13.4. The van der Waals surface area contributed by atoms with Gasteiger partial charge in [-0.15, -0.1) is 0 Å². The van der Waals surface area contributed by atoms with Crippen LogP contribution in [-0.4, -0.2) is 71.0 Å². The Morgan fingerprint density at radius 3 is 2.33 bits per heavy atom. The van der Waals surface area contributed by atoms with Crippen LogP contribution in [0, 0.1) is 17.8 Å². The van der Waals surface area contributed by atoms with Crippen molar-refractivity contribution in [3.8, 4) is 5.75 Å². The molecule has 3 rings (SSSR count). The fourth-order valence-corrected chi connectivity index (χ4v) is 5.32. The first kappa shape index (κ1) is 28.6. The highest BCUT2D eigenvalue weighted by molar-refractivity contribution is 5.32. The fourth-order valence-electron chi connectivity index (χ4n) is 5.32. The molecule has 0 saturated carbocycles. The van der Waals surface area contributed by atoms with Crippen molar-refractivity contribution in [1.29, 1.82) is 0 Å². The summed E-state index contributed by atoms with van der Waals surface area (Å²) in [7, 11) is 4.26. The monoisotopic (exact) mass is 497 g/mol. The predicted molar refractivity (Wildman–Crippen MR) is 146 cm³/mol. The van der Waals surface area contributed by atoms with Gasteiger partial charge in [-0.2, -0.15) is 5.06 Å². The number of aliphatic hydroxyl groups is 1. The first-order chi connectivity index (χ1) is 17.2. The number of nitrogens with zero attached hydrogens (tertiary/aromatic N) is 3. The second-order valence-corrected chi connectivity index (χ2v) is 11.5. The van der Waals surface area contributed by atoms with Crippen LogP contribution >= 0.6 is 0 Å². The molecule has 36 heavy (non-hydrogen) atoms. The summed E-state index contributed by atoms with van der Waals surface area (Å²) in [6.07, 6.45) is 0.969. The van der Waals surface area contributed by atoms with Crippen molar-refractivity contribution in [2.75, 3.05) is 33.8 Å². The number of aliphatic hydroxyl groups excluding tert-OH is 1. The zero-order valence-electron chi connectivity index (χ0n) is 23.1. The third-order valence-electron chi connectivity index (χ3n) is 7.15. The van der Waals surface area contributed by atoms with E-state index in [1.165, 1.54) is 11.1 Å². The van der Waals surface area contributed by atoms with E-state index >= 15 is 0 Å². The lowest BCUT2D eigenvalue weighted by Gasteiger charge is -2.35. The Morgan fingerprint density at radius 2 is 1.72 bits per heavy atom. The molecule has 0 radical (unpaired) electrons. The molecule has 0 unspecified atom stereocenters. The van der Waals surface area contributed by atoms with E-state index in [9.17, 15) is 10.2 Å². The number of likely N-dealkylation sites (N-methyl/N-ethyl adjacent to an activating group) is 1. The van der Waals surface area contributed by atoms with Crippen molar-refractivity contribution in [3.05, 3.63) is 65.2 Å². The largest absolute Gasteiger partial charge is 0.508 e. The number of para-hydroxylation sites is 1. The number of hydrogen-bond acceptors (Lipinski definition) is 6. The highest BCUT2D eigenvalue weighted by atomic mass is 16.7. The van der Waals surface area contributed by atoms with Crippen LogP contribution in [0.25, 0.3) is 0 Å².